The molecular formula is C18H23FN4O2. The summed E-state index contributed by atoms with van der Waals surface area (Å²) in [4.78, 5) is 14.7. The zero-order valence-corrected chi connectivity index (χ0v) is 14.4. The van der Waals surface area contributed by atoms with Crippen LogP contribution in [0.4, 0.5) is 10.1 Å². The summed E-state index contributed by atoms with van der Waals surface area (Å²) in [7, 11) is 1.40. The Morgan fingerprint density at radius 3 is 2.80 bits per heavy atom. The van der Waals surface area contributed by atoms with Gasteiger partial charge in [-0.3, -0.25) is 9.48 Å². The number of methoxy groups -OCH3 is 1. The first-order chi connectivity index (χ1) is 12.2. The number of rotatable bonds is 6. The molecule has 134 valence electrons. The molecule has 0 unspecified atom stereocenters. The van der Waals surface area contributed by atoms with Crippen molar-refractivity contribution in [1.82, 2.24) is 14.7 Å². The van der Waals surface area contributed by atoms with E-state index in [0.717, 1.165) is 26.2 Å². The van der Waals surface area contributed by atoms with Crippen molar-refractivity contribution in [3.8, 4) is 5.75 Å². The van der Waals surface area contributed by atoms with Gasteiger partial charge in [0.1, 0.15) is 0 Å². The van der Waals surface area contributed by atoms with E-state index in [9.17, 15) is 9.18 Å². The Hall–Kier alpha value is -2.41. The summed E-state index contributed by atoms with van der Waals surface area (Å²) in [5, 5.41) is 6.91. The van der Waals surface area contributed by atoms with Gasteiger partial charge in [0.15, 0.2) is 11.6 Å². The molecular weight excluding hydrogens is 323 g/mol. The number of halogens is 1. The van der Waals surface area contributed by atoms with Gasteiger partial charge in [-0.1, -0.05) is 6.42 Å². The van der Waals surface area contributed by atoms with Crippen molar-refractivity contribution in [2.45, 2.75) is 25.8 Å². The number of piperidine rings is 1. The molecule has 0 bridgehead atoms. The van der Waals surface area contributed by atoms with Crippen LogP contribution in [0.5, 0.6) is 5.75 Å². The number of carbonyl (C=O) groups excluding carboxylic acids is 1. The van der Waals surface area contributed by atoms with Gasteiger partial charge in [0.25, 0.3) is 5.91 Å². The summed E-state index contributed by atoms with van der Waals surface area (Å²) in [5.74, 6) is -0.685. The molecule has 2 aromatic rings. The van der Waals surface area contributed by atoms with E-state index in [1.807, 2.05) is 0 Å². The lowest BCUT2D eigenvalue weighted by molar-refractivity contribution is 0.102. The second kappa shape index (κ2) is 8.11. The quantitative estimate of drug-likeness (QED) is 0.874. The van der Waals surface area contributed by atoms with E-state index in [2.05, 4.69) is 15.3 Å². The van der Waals surface area contributed by atoms with E-state index in [1.54, 1.807) is 16.9 Å². The van der Waals surface area contributed by atoms with Crippen molar-refractivity contribution in [3.05, 3.63) is 42.0 Å². The molecule has 1 aliphatic heterocycles. The molecule has 0 atom stereocenters. The first kappa shape index (κ1) is 17.4. The van der Waals surface area contributed by atoms with Crippen LogP contribution in [0.25, 0.3) is 0 Å². The summed E-state index contributed by atoms with van der Waals surface area (Å²) in [5.41, 5.74) is 0.833. The fraction of sp³-hybridized carbons (Fsp3) is 0.444. The predicted octanol–water partition coefficient (Wildman–Crippen LogP) is 2.77. The highest BCUT2D eigenvalue weighted by Gasteiger charge is 2.13. The monoisotopic (exact) mass is 346 g/mol. The topological polar surface area (TPSA) is 59.4 Å². The number of ether oxygens (including phenoxy) is 1. The third-order valence-electron chi connectivity index (χ3n) is 4.40. The Labute approximate surface area is 146 Å². The number of nitrogens with zero attached hydrogens (tertiary/aromatic N) is 3. The maximum atomic E-state index is 13.7. The molecule has 6 nitrogen and oxygen atoms in total. The van der Waals surface area contributed by atoms with Crippen LogP contribution in [0.2, 0.25) is 0 Å². The summed E-state index contributed by atoms with van der Waals surface area (Å²) < 4.78 is 20.3. The van der Waals surface area contributed by atoms with Gasteiger partial charge in [0.05, 0.1) is 25.4 Å². The zero-order chi connectivity index (χ0) is 17.6. The first-order valence-electron chi connectivity index (χ1n) is 8.55. The number of likely N-dealkylation sites (tertiary alicyclic amines) is 1. The van der Waals surface area contributed by atoms with E-state index in [-0.39, 0.29) is 11.7 Å². The average Bonchev–Trinajstić information content (AvgIpc) is 3.10. The smallest absolute Gasteiger partial charge is 0.258 e. The molecule has 1 saturated heterocycles. The molecule has 1 N–H and O–H groups in total. The fourth-order valence-corrected chi connectivity index (χ4v) is 2.98. The molecule has 1 aromatic heterocycles. The summed E-state index contributed by atoms with van der Waals surface area (Å²) in [6.45, 7) is 3.96. The molecule has 1 aromatic carbocycles. The minimum Gasteiger partial charge on any atom is -0.494 e. The normalized spacial score (nSPS) is 15.1. The van der Waals surface area contributed by atoms with E-state index in [4.69, 9.17) is 4.74 Å². The lowest BCUT2D eigenvalue weighted by Gasteiger charge is -2.26. The van der Waals surface area contributed by atoms with Gasteiger partial charge in [-0.05, 0) is 38.1 Å². The van der Waals surface area contributed by atoms with E-state index < -0.39 is 5.82 Å². The maximum Gasteiger partial charge on any atom is 0.258 e. The molecule has 7 heteroatoms. The molecule has 3 rings (SSSR count). The van der Waals surface area contributed by atoms with Gasteiger partial charge >= 0.3 is 0 Å². The number of hydrogen-bond donors (Lipinski definition) is 1. The third kappa shape index (κ3) is 4.57. The van der Waals surface area contributed by atoms with Crippen LogP contribution < -0.4 is 10.1 Å². The third-order valence-corrected chi connectivity index (χ3v) is 4.40. The van der Waals surface area contributed by atoms with Gasteiger partial charge in [-0.25, -0.2) is 4.39 Å². The van der Waals surface area contributed by atoms with Gasteiger partial charge in [-0.15, -0.1) is 0 Å². The van der Waals surface area contributed by atoms with Crippen LogP contribution >= 0.6 is 0 Å². The lowest BCUT2D eigenvalue weighted by Crippen LogP contribution is -2.32. The zero-order valence-electron chi connectivity index (χ0n) is 14.4. The average molecular weight is 346 g/mol. The molecule has 0 saturated carbocycles. The van der Waals surface area contributed by atoms with Gasteiger partial charge < -0.3 is 15.0 Å². The Balaban J connectivity index is 1.55. The van der Waals surface area contributed by atoms with Crippen molar-refractivity contribution in [2.75, 3.05) is 32.1 Å². The number of hydrogen-bond acceptors (Lipinski definition) is 4. The van der Waals surface area contributed by atoms with Crippen molar-refractivity contribution in [3.63, 3.8) is 0 Å². The number of nitrogens with one attached hydrogen (secondary N) is 1. The molecule has 0 spiro atoms. The number of amides is 1. The standard InChI is InChI=1S/C18H23FN4O2/c1-25-17-6-5-15(11-16(17)19)21-18(24)14-12-20-23(13-14)10-9-22-7-3-2-4-8-22/h5-6,11-13H,2-4,7-10H2,1H3,(H,21,24). The van der Waals surface area contributed by atoms with Crippen LogP contribution in [-0.2, 0) is 6.54 Å². The van der Waals surface area contributed by atoms with E-state index in [0.29, 0.717) is 11.3 Å². The second-order valence-corrected chi connectivity index (χ2v) is 6.20. The van der Waals surface area contributed by atoms with Crippen LogP contribution in [-0.4, -0.2) is 47.3 Å². The lowest BCUT2D eigenvalue weighted by atomic mass is 10.1. The molecule has 0 radical (unpaired) electrons. The largest absolute Gasteiger partial charge is 0.494 e. The molecule has 1 fully saturated rings. The van der Waals surface area contributed by atoms with Crippen molar-refractivity contribution < 1.29 is 13.9 Å². The van der Waals surface area contributed by atoms with Gasteiger partial charge in [-0.2, -0.15) is 5.10 Å². The second-order valence-electron chi connectivity index (χ2n) is 6.20. The SMILES string of the molecule is COc1ccc(NC(=O)c2cnn(CCN3CCCCC3)c2)cc1F. The van der Waals surface area contributed by atoms with Crippen molar-refractivity contribution in [2.24, 2.45) is 0 Å². The molecule has 2 heterocycles. The fourth-order valence-electron chi connectivity index (χ4n) is 2.98. The van der Waals surface area contributed by atoms with Crippen LogP contribution in [0.3, 0.4) is 0 Å². The Morgan fingerprint density at radius 1 is 1.28 bits per heavy atom. The number of carbonyl (C=O) groups is 1. The predicted molar refractivity (Wildman–Crippen MR) is 93.4 cm³/mol. The summed E-state index contributed by atoms with van der Waals surface area (Å²) in [6.07, 6.45) is 7.08. The van der Waals surface area contributed by atoms with Crippen molar-refractivity contribution in [1.29, 1.82) is 0 Å². The molecule has 1 amide bonds. The van der Waals surface area contributed by atoms with E-state index in [1.165, 1.54) is 44.7 Å². The summed E-state index contributed by atoms with van der Waals surface area (Å²) in [6, 6.07) is 4.31. The number of benzene rings is 1. The maximum absolute atomic E-state index is 13.7. The highest BCUT2D eigenvalue weighted by Crippen LogP contribution is 2.21. The molecule has 0 aliphatic carbocycles. The van der Waals surface area contributed by atoms with Crippen molar-refractivity contribution >= 4 is 11.6 Å². The highest BCUT2D eigenvalue weighted by atomic mass is 19.1. The van der Waals surface area contributed by atoms with Gasteiger partial charge in [0.2, 0.25) is 0 Å². The first-order valence-corrected chi connectivity index (χ1v) is 8.55. The highest BCUT2D eigenvalue weighted by molar-refractivity contribution is 6.03. The summed E-state index contributed by atoms with van der Waals surface area (Å²) >= 11 is 0. The van der Waals surface area contributed by atoms with Crippen LogP contribution in [0.1, 0.15) is 29.6 Å². The minimum absolute atomic E-state index is 0.142. The molecule has 1 aliphatic rings. The van der Waals surface area contributed by atoms with Gasteiger partial charge in [0, 0.05) is 24.5 Å². The number of aromatic nitrogens is 2. The van der Waals surface area contributed by atoms with Crippen LogP contribution in [0, 0.1) is 5.82 Å². The van der Waals surface area contributed by atoms with Crippen LogP contribution in [0.15, 0.2) is 30.6 Å². The Bertz CT molecular complexity index is 726. The molecule has 25 heavy (non-hydrogen) atoms. The van der Waals surface area contributed by atoms with E-state index >= 15 is 0 Å². The number of anilines is 1. The Kier molecular flexibility index (Phi) is 5.65. The Morgan fingerprint density at radius 2 is 2.08 bits per heavy atom. The minimum atomic E-state index is -0.516.